The Balaban J connectivity index is 2.55. The van der Waals surface area contributed by atoms with E-state index < -0.39 is 18.3 Å². The highest BCUT2D eigenvalue weighted by Crippen LogP contribution is 2.36. The van der Waals surface area contributed by atoms with Crippen molar-refractivity contribution in [1.29, 1.82) is 0 Å². The predicted octanol–water partition coefficient (Wildman–Crippen LogP) is 2.40. The molecule has 80 valence electrons. The first-order valence-corrected chi connectivity index (χ1v) is 4.60. The van der Waals surface area contributed by atoms with Crippen LogP contribution in [-0.2, 0) is 11.2 Å². The Morgan fingerprint density at radius 2 is 2.00 bits per heavy atom. The minimum Gasteiger partial charge on any atom is -0.422 e. The molecule has 1 heterocycles. The molecular formula is C11H10F2O2. The summed E-state index contributed by atoms with van der Waals surface area (Å²) in [5.41, 5.74) is 2.01. The lowest BCUT2D eigenvalue weighted by Gasteiger charge is -2.24. The lowest BCUT2D eigenvalue weighted by atomic mass is 9.98. The van der Waals surface area contributed by atoms with Crippen molar-refractivity contribution >= 4 is 5.97 Å². The Bertz CT molecular complexity index is 438. The van der Waals surface area contributed by atoms with Gasteiger partial charge in [0.2, 0.25) is 0 Å². The Kier molecular flexibility index (Phi) is 2.03. The molecule has 0 aliphatic carbocycles. The number of fused-ring (bicyclic) bond motifs is 1. The van der Waals surface area contributed by atoms with Crippen LogP contribution in [0.5, 0.6) is 5.75 Å². The van der Waals surface area contributed by atoms with Crippen LogP contribution < -0.4 is 4.74 Å². The lowest BCUT2D eigenvalue weighted by molar-refractivity contribution is -0.163. The first-order chi connectivity index (χ1) is 6.90. The summed E-state index contributed by atoms with van der Waals surface area (Å²) >= 11 is 0. The number of hydrogen-bond donors (Lipinski definition) is 0. The van der Waals surface area contributed by atoms with Gasteiger partial charge in [-0.2, -0.15) is 8.78 Å². The number of alkyl halides is 2. The molecule has 0 N–H and O–H groups in total. The van der Waals surface area contributed by atoms with Crippen LogP contribution in [0.4, 0.5) is 8.78 Å². The number of hydrogen-bond acceptors (Lipinski definition) is 2. The van der Waals surface area contributed by atoms with Gasteiger partial charge >= 0.3 is 11.9 Å². The highest BCUT2D eigenvalue weighted by atomic mass is 19.3. The molecule has 1 aromatic carbocycles. The topological polar surface area (TPSA) is 26.3 Å². The highest BCUT2D eigenvalue weighted by molar-refractivity contribution is 5.83. The van der Waals surface area contributed by atoms with Crippen LogP contribution in [0, 0.1) is 13.8 Å². The maximum Gasteiger partial charge on any atom is 0.382 e. The third-order valence-corrected chi connectivity index (χ3v) is 2.40. The molecule has 0 amide bonds. The Labute approximate surface area is 85.9 Å². The molecule has 0 spiro atoms. The summed E-state index contributed by atoms with van der Waals surface area (Å²) in [5.74, 6) is -4.56. The molecule has 0 saturated heterocycles. The molecule has 0 radical (unpaired) electrons. The van der Waals surface area contributed by atoms with Gasteiger partial charge in [0.05, 0.1) is 6.42 Å². The van der Waals surface area contributed by atoms with Crippen LogP contribution in [0.15, 0.2) is 12.1 Å². The van der Waals surface area contributed by atoms with E-state index in [0.717, 1.165) is 5.56 Å². The average Bonchev–Trinajstić information content (AvgIpc) is 2.08. The monoisotopic (exact) mass is 212 g/mol. The number of ether oxygens (including phenoxy) is 1. The predicted molar refractivity (Wildman–Crippen MR) is 50.2 cm³/mol. The van der Waals surface area contributed by atoms with E-state index in [2.05, 4.69) is 4.74 Å². The first-order valence-electron chi connectivity index (χ1n) is 4.60. The summed E-state index contributed by atoms with van der Waals surface area (Å²) in [4.78, 5) is 10.9. The van der Waals surface area contributed by atoms with Crippen molar-refractivity contribution in [3.63, 3.8) is 0 Å². The van der Waals surface area contributed by atoms with Gasteiger partial charge in [0.15, 0.2) is 0 Å². The van der Waals surface area contributed by atoms with Gasteiger partial charge in [-0.05, 0) is 19.4 Å². The molecular weight excluding hydrogens is 202 g/mol. The maximum atomic E-state index is 13.1. The Hall–Kier alpha value is -1.45. The molecule has 1 aliphatic rings. The van der Waals surface area contributed by atoms with Crippen molar-refractivity contribution in [3.05, 3.63) is 28.8 Å². The van der Waals surface area contributed by atoms with Crippen molar-refractivity contribution in [2.75, 3.05) is 0 Å². The van der Waals surface area contributed by atoms with Gasteiger partial charge < -0.3 is 4.74 Å². The molecule has 0 aromatic heterocycles. The number of esters is 1. The first kappa shape index (κ1) is 10.1. The summed E-state index contributed by atoms with van der Waals surface area (Å²) in [6.45, 7) is 3.56. The molecule has 0 atom stereocenters. The van der Waals surface area contributed by atoms with E-state index in [1.807, 2.05) is 6.92 Å². The van der Waals surface area contributed by atoms with E-state index in [1.54, 1.807) is 19.1 Å². The molecule has 15 heavy (non-hydrogen) atoms. The fourth-order valence-electron chi connectivity index (χ4n) is 1.80. The second kappa shape index (κ2) is 3.02. The normalized spacial score (nSPS) is 18.3. The third-order valence-electron chi connectivity index (χ3n) is 2.40. The summed E-state index contributed by atoms with van der Waals surface area (Å²) in [7, 11) is 0. The lowest BCUT2D eigenvalue weighted by Crippen LogP contribution is -2.39. The highest BCUT2D eigenvalue weighted by Gasteiger charge is 2.45. The van der Waals surface area contributed by atoms with Crippen molar-refractivity contribution in [2.24, 2.45) is 0 Å². The second-order valence-electron chi connectivity index (χ2n) is 3.84. The van der Waals surface area contributed by atoms with E-state index in [0.29, 0.717) is 11.1 Å². The summed E-state index contributed by atoms with van der Waals surface area (Å²) in [6.07, 6.45) is -0.566. The van der Waals surface area contributed by atoms with Gasteiger partial charge in [0.25, 0.3) is 0 Å². The van der Waals surface area contributed by atoms with Crippen LogP contribution in [-0.4, -0.2) is 11.9 Å². The zero-order chi connectivity index (χ0) is 11.2. The minimum atomic E-state index is -3.40. The SMILES string of the molecule is Cc1cc(C)c2c(c1)CC(F)(F)C(=O)O2. The van der Waals surface area contributed by atoms with E-state index in [1.165, 1.54) is 0 Å². The van der Waals surface area contributed by atoms with Gasteiger partial charge in [-0.25, -0.2) is 4.79 Å². The summed E-state index contributed by atoms with van der Waals surface area (Å²) < 4.78 is 30.8. The molecule has 0 unspecified atom stereocenters. The number of carbonyl (C=O) groups excluding carboxylic acids is 1. The standard InChI is InChI=1S/C11H10F2O2/c1-6-3-7(2)9-8(4-6)5-11(12,13)10(14)15-9/h3-4H,5H2,1-2H3. The van der Waals surface area contributed by atoms with Crippen LogP contribution >= 0.6 is 0 Å². The third kappa shape index (κ3) is 1.60. The Morgan fingerprint density at radius 1 is 1.33 bits per heavy atom. The van der Waals surface area contributed by atoms with Crippen LogP contribution in [0.25, 0.3) is 0 Å². The number of halogens is 2. The molecule has 2 nitrogen and oxygen atoms in total. The average molecular weight is 212 g/mol. The van der Waals surface area contributed by atoms with Crippen LogP contribution in [0.1, 0.15) is 16.7 Å². The maximum absolute atomic E-state index is 13.1. The van der Waals surface area contributed by atoms with Crippen LogP contribution in [0.3, 0.4) is 0 Å². The number of benzene rings is 1. The number of rotatable bonds is 0. The van der Waals surface area contributed by atoms with Gasteiger partial charge in [0.1, 0.15) is 5.75 Å². The Morgan fingerprint density at radius 3 is 2.67 bits per heavy atom. The quantitative estimate of drug-likeness (QED) is 0.487. The fourth-order valence-corrected chi connectivity index (χ4v) is 1.80. The van der Waals surface area contributed by atoms with Crippen molar-refractivity contribution in [1.82, 2.24) is 0 Å². The molecule has 1 aliphatic heterocycles. The zero-order valence-corrected chi connectivity index (χ0v) is 8.43. The van der Waals surface area contributed by atoms with Gasteiger partial charge in [0, 0.05) is 5.56 Å². The molecule has 0 saturated carbocycles. The fraction of sp³-hybridized carbons (Fsp3) is 0.364. The second-order valence-corrected chi connectivity index (χ2v) is 3.84. The molecule has 2 rings (SSSR count). The van der Waals surface area contributed by atoms with Gasteiger partial charge in [-0.3, -0.25) is 0 Å². The number of aryl methyl sites for hydroxylation is 2. The molecule has 4 heteroatoms. The largest absolute Gasteiger partial charge is 0.422 e. The van der Waals surface area contributed by atoms with Crippen molar-refractivity contribution in [3.8, 4) is 5.75 Å². The van der Waals surface area contributed by atoms with E-state index in [9.17, 15) is 13.6 Å². The van der Waals surface area contributed by atoms with E-state index in [4.69, 9.17) is 0 Å². The smallest absolute Gasteiger partial charge is 0.382 e. The zero-order valence-electron chi connectivity index (χ0n) is 8.43. The van der Waals surface area contributed by atoms with E-state index >= 15 is 0 Å². The summed E-state index contributed by atoms with van der Waals surface area (Å²) in [6, 6.07) is 3.43. The molecule has 0 bridgehead atoms. The number of carbonyl (C=O) groups is 1. The molecule has 0 fully saturated rings. The summed E-state index contributed by atoms with van der Waals surface area (Å²) in [5, 5.41) is 0. The van der Waals surface area contributed by atoms with Crippen molar-refractivity contribution in [2.45, 2.75) is 26.2 Å². The molecule has 1 aromatic rings. The van der Waals surface area contributed by atoms with E-state index in [-0.39, 0.29) is 5.75 Å². The van der Waals surface area contributed by atoms with Gasteiger partial charge in [-0.15, -0.1) is 0 Å². The van der Waals surface area contributed by atoms with Gasteiger partial charge in [-0.1, -0.05) is 17.7 Å². The minimum absolute atomic E-state index is 0.288. The van der Waals surface area contributed by atoms with Crippen LogP contribution in [0.2, 0.25) is 0 Å². The van der Waals surface area contributed by atoms with Crippen molar-refractivity contribution < 1.29 is 18.3 Å².